The lowest BCUT2D eigenvalue weighted by molar-refractivity contribution is 0.257. The number of rotatable bonds is 9. The number of aryl methyl sites for hydroxylation is 3. The van der Waals surface area contributed by atoms with Gasteiger partial charge in [-0.05, 0) is 123 Å². The highest BCUT2D eigenvalue weighted by Gasteiger charge is 2.37. The van der Waals surface area contributed by atoms with Crippen LogP contribution in [0.15, 0.2) is 89.8 Å². The lowest BCUT2D eigenvalue weighted by atomic mass is 9.96. The zero-order chi connectivity index (χ0) is 38.7. The number of hydrogen-bond acceptors (Lipinski definition) is 10. The number of hydrogen-bond donors (Lipinski definition) is 1. The van der Waals surface area contributed by atoms with Gasteiger partial charge in [0.15, 0.2) is 34.5 Å². The van der Waals surface area contributed by atoms with Crippen molar-refractivity contribution in [3.05, 3.63) is 118 Å². The number of sulfonamides is 1. The number of anilines is 1. The largest absolute Gasteiger partial charge is 0.493 e. The van der Waals surface area contributed by atoms with E-state index in [9.17, 15) is 8.42 Å². The van der Waals surface area contributed by atoms with E-state index in [2.05, 4.69) is 17.4 Å². The molecule has 4 heterocycles. The van der Waals surface area contributed by atoms with Crippen LogP contribution in [0.2, 0.25) is 0 Å². The zero-order valence-corrected chi connectivity index (χ0v) is 32.9. The molecule has 0 aromatic heterocycles. The molecule has 4 aliphatic rings. The first-order valence-electron chi connectivity index (χ1n) is 18.3. The van der Waals surface area contributed by atoms with Gasteiger partial charge in [-0.1, -0.05) is 30.3 Å². The molecule has 1 N–H and O–H groups in total. The van der Waals surface area contributed by atoms with Crippen LogP contribution in [0, 0.1) is 6.92 Å². The van der Waals surface area contributed by atoms with E-state index in [0.29, 0.717) is 70.2 Å². The van der Waals surface area contributed by atoms with E-state index < -0.39 is 10.0 Å². The fraction of sp³-hybridized carbons (Fsp3) is 0.302. The van der Waals surface area contributed by atoms with E-state index in [4.69, 9.17) is 28.4 Å². The van der Waals surface area contributed by atoms with Crippen LogP contribution in [0.4, 0.5) is 5.69 Å². The number of nitrogens with one attached hydrogen (secondary N) is 1. The van der Waals surface area contributed by atoms with E-state index in [1.54, 1.807) is 64.8 Å². The summed E-state index contributed by atoms with van der Waals surface area (Å²) in [5.41, 5.74) is 6.23. The van der Waals surface area contributed by atoms with Crippen LogP contribution in [0.1, 0.15) is 33.4 Å². The fourth-order valence-electron chi connectivity index (χ4n) is 7.29. The molecule has 0 fully saturated rings. The quantitative estimate of drug-likeness (QED) is 0.161. The molecule has 0 amide bonds. The predicted molar refractivity (Wildman–Crippen MR) is 212 cm³/mol. The number of fused-ring (bicyclic) bond motifs is 2. The number of likely N-dealkylation sites (N-methyl/N-ethyl adjacent to an activating group) is 1. The first-order valence-corrected chi connectivity index (χ1v) is 19.7. The van der Waals surface area contributed by atoms with Crippen LogP contribution in [0.3, 0.4) is 0 Å². The van der Waals surface area contributed by atoms with Gasteiger partial charge in [0, 0.05) is 24.7 Å². The molecular formula is C43H47N3O8S. The molecule has 5 aromatic rings. The summed E-state index contributed by atoms with van der Waals surface area (Å²) in [5, 5.41) is 5.09. The van der Waals surface area contributed by atoms with Crippen LogP contribution in [-0.4, -0.2) is 62.0 Å². The fourth-order valence-corrected chi connectivity index (χ4v) is 8.89. The predicted octanol–water partition coefficient (Wildman–Crippen LogP) is 7.64. The van der Waals surface area contributed by atoms with Gasteiger partial charge in [0.2, 0.25) is 5.75 Å². The Morgan fingerprint density at radius 3 is 2.15 bits per heavy atom. The number of nitrogens with zero attached hydrogens (tertiary/aromatic N) is 2. The lowest BCUT2D eigenvalue weighted by Gasteiger charge is -2.40. The van der Waals surface area contributed by atoms with E-state index in [1.165, 1.54) is 4.41 Å². The van der Waals surface area contributed by atoms with Crippen LogP contribution in [-0.2, 0) is 42.3 Å². The molecule has 1 unspecified atom stereocenters. The van der Waals surface area contributed by atoms with Gasteiger partial charge in [0.05, 0.1) is 39.0 Å². The first kappa shape index (κ1) is 37.9. The van der Waals surface area contributed by atoms with E-state index in [1.807, 2.05) is 55.4 Å². The van der Waals surface area contributed by atoms with Gasteiger partial charge in [-0.15, -0.1) is 0 Å². The molecule has 5 aromatic carbocycles. The number of benzene rings is 5. The molecule has 1 atom stereocenters. The molecule has 11 nitrogen and oxygen atoms in total. The molecule has 55 heavy (non-hydrogen) atoms. The average Bonchev–Trinajstić information content (AvgIpc) is 3.20. The van der Waals surface area contributed by atoms with Crippen molar-refractivity contribution in [2.45, 2.75) is 44.0 Å². The van der Waals surface area contributed by atoms with E-state index in [-0.39, 0.29) is 11.4 Å². The maximum atomic E-state index is 14.9. The molecule has 8 bridgehead atoms. The zero-order valence-electron chi connectivity index (χ0n) is 32.1. The van der Waals surface area contributed by atoms with E-state index >= 15 is 0 Å². The Morgan fingerprint density at radius 1 is 0.745 bits per heavy atom. The number of hydrazine groups is 1. The summed E-state index contributed by atoms with van der Waals surface area (Å²) < 4.78 is 68.0. The van der Waals surface area contributed by atoms with Gasteiger partial charge in [0.1, 0.15) is 5.75 Å². The minimum absolute atomic E-state index is 0.147. The highest BCUT2D eigenvalue weighted by atomic mass is 32.2. The Balaban J connectivity index is 1.47. The maximum Gasteiger partial charge on any atom is 0.277 e. The van der Waals surface area contributed by atoms with Crippen molar-refractivity contribution in [2.24, 2.45) is 0 Å². The molecule has 0 saturated carbocycles. The average molecular weight is 766 g/mol. The minimum Gasteiger partial charge on any atom is -0.493 e. The van der Waals surface area contributed by atoms with Crippen molar-refractivity contribution < 1.29 is 36.8 Å². The number of methoxy groups -OCH3 is 4. The Hall–Kier alpha value is -5.43. The molecule has 0 aliphatic carbocycles. The van der Waals surface area contributed by atoms with Crippen molar-refractivity contribution in [2.75, 3.05) is 53.0 Å². The summed E-state index contributed by atoms with van der Waals surface area (Å²) in [6.45, 7) is 3.20. The monoisotopic (exact) mass is 765 g/mol. The van der Waals surface area contributed by atoms with Gasteiger partial charge in [-0.25, -0.2) is 5.01 Å². The minimum atomic E-state index is -4.16. The summed E-state index contributed by atoms with van der Waals surface area (Å²) in [5.74, 6) is 3.91. The van der Waals surface area contributed by atoms with Crippen LogP contribution >= 0.6 is 0 Å². The van der Waals surface area contributed by atoms with Crippen LogP contribution < -0.4 is 38.2 Å². The highest BCUT2D eigenvalue weighted by molar-refractivity contribution is 7.92. The van der Waals surface area contributed by atoms with Gasteiger partial charge < -0.3 is 33.7 Å². The Kier molecular flexibility index (Phi) is 11.1. The molecule has 4 aliphatic heterocycles. The summed E-state index contributed by atoms with van der Waals surface area (Å²) in [6.07, 6.45) is 2.83. The van der Waals surface area contributed by atoms with Crippen LogP contribution in [0.25, 0.3) is 0 Å². The standard InChI is InChI=1S/C43H47N3O8S/c1-28-22-39-38(50-4)26-36(28)46(55(47,48)34-10-8-7-9-11-34)45-21-19-32-25-41(51-5)43(52-6)42(35(32)27-45)54-40-24-30(31(18-20-44-2)23-37(40)49-3)15-12-29-13-16-33(53-39)17-14-29/h7-11,13-14,16-17,22-26,44H,12,15,18-21,27H2,1-6H3. The summed E-state index contributed by atoms with van der Waals surface area (Å²) in [4.78, 5) is 0.147. The van der Waals surface area contributed by atoms with Crippen molar-refractivity contribution in [3.63, 3.8) is 0 Å². The summed E-state index contributed by atoms with van der Waals surface area (Å²) in [7, 11) is 4.13. The Labute approximate surface area is 323 Å². The van der Waals surface area contributed by atoms with Gasteiger partial charge in [-0.2, -0.15) is 12.8 Å². The molecule has 0 spiro atoms. The SMILES string of the molecule is CNCCc1cc(OC)c2cc1CCc1ccc(cc1)Oc1cc(C)c(cc1OC)N(S(=O)(=O)c1ccccc1)N1CCc3cc(OC)c(OC)c(c3C1)O2. The van der Waals surface area contributed by atoms with Gasteiger partial charge in [-0.3, -0.25) is 0 Å². The summed E-state index contributed by atoms with van der Waals surface area (Å²) >= 11 is 0. The smallest absolute Gasteiger partial charge is 0.277 e. The van der Waals surface area contributed by atoms with Gasteiger partial charge in [0.25, 0.3) is 10.0 Å². The molecular weight excluding hydrogens is 719 g/mol. The third kappa shape index (κ3) is 7.49. The van der Waals surface area contributed by atoms with Crippen LogP contribution in [0.5, 0.6) is 46.0 Å². The second kappa shape index (κ2) is 16.1. The van der Waals surface area contributed by atoms with Crippen molar-refractivity contribution >= 4 is 15.7 Å². The van der Waals surface area contributed by atoms with E-state index in [0.717, 1.165) is 53.6 Å². The molecule has 12 heteroatoms. The number of ether oxygens (including phenoxy) is 6. The molecule has 0 saturated heterocycles. The van der Waals surface area contributed by atoms with Crippen molar-refractivity contribution in [1.82, 2.24) is 10.3 Å². The second-order valence-electron chi connectivity index (χ2n) is 13.5. The Bertz CT molecular complexity index is 2280. The Morgan fingerprint density at radius 2 is 1.45 bits per heavy atom. The third-order valence-corrected chi connectivity index (χ3v) is 11.9. The van der Waals surface area contributed by atoms with Crippen molar-refractivity contribution in [3.8, 4) is 46.0 Å². The topological polar surface area (TPSA) is 108 Å². The molecule has 9 rings (SSSR count). The maximum absolute atomic E-state index is 14.9. The lowest BCUT2D eigenvalue weighted by Crippen LogP contribution is -2.49. The van der Waals surface area contributed by atoms with Crippen molar-refractivity contribution in [1.29, 1.82) is 0 Å². The highest BCUT2D eigenvalue weighted by Crippen LogP contribution is 2.49. The second-order valence-corrected chi connectivity index (χ2v) is 15.3. The normalized spacial score (nSPS) is 15.2. The third-order valence-electron chi connectivity index (χ3n) is 10.2. The first-order chi connectivity index (χ1) is 26.7. The van der Waals surface area contributed by atoms with Gasteiger partial charge >= 0.3 is 0 Å². The molecule has 0 radical (unpaired) electrons. The summed E-state index contributed by atoms with van der Waals surface area (Å²) in [6, 6.07) is 26.0. The molecule has 288 valence electrons.